The number of hydrogen-bond donors (Lipinski definition) is 1. The first kappa shape index (κ1) is 27.8. The molecule has 9 heteroatoms. The minimum atomic E-state index is -3.90. The standard InChI is InChI=1S/C33H33N3O5S/c1-35-21-28(34-22-35)42(39,40)36(2)27-15-9-14-26(18-27)29(25-16-17-25)30-31(37)33(41-32(30)38,19-23-10-5-3-6-11-23)20-24-12-7-4-8-13-24/h3-15,18,21-22,25,29,37H,16-17,19-20H2,1-2H3. The lowest BCUT2D eigenvalue weighted by Gasteiger charge is -2.29. The monoisotopic (exact) mass is 583 g/mol. The van der Waals surface area contributed by atoms with Crippen molar-refractivity contribution in [3.8, 4) is 0 Å². The second-order valence-corrected chi connectivity index (χ2v) is 13.1. The van der Waals surface area contributed by atoms with Gasteiger partial charge in [0.2, 0.25) is 0 Å². The Morgan fingerprint density at radius 2 is 1.62 bits per heavy atom. The van der Waals surface area contributed by atoms with E-state index in [4.69, 9.17) is 4.74 Å². The minimum absolute atomic E-state index is 0.0445. The molecule has 1 atom stereocenters. The van der Waals surface area contributed by atoms with Gasteiger partial charge in [-0.15, -0.1) is 0 Å². The molecule has 0 amide bonds. The van der Waals surface area contributed by atoms with Crippen LogP contribution >= 0.6 is 0 Å². The third kappa shape index (κ3) is 5.20. The smallest absolute Gasteiger partial charge is 0.339 e. The van der Waals surface area contributed by atoms with Gasteiger partial charge in [0.25, 0.3) is 10.0 Å². The summed E-state index contributed by atoms with van der Waals surface area (Å²) >= 11 is 0. The third-order valence-corrected chi connectivity index (χ3v) is 9.83. The van der Waals surface area contributed by atoms with Gasteiger partial charge in [0.1, 0.15) is 5.76 Å². The van der Waals surface area contributed by atoms with Gasteiger partial charge in [-0.05, 0) is 47.6 Å². The van der Waals surface area contributed by atoms with E-state index >= 15 is 0 Å². The Hall–Kier alpha value is -4.37. The summed E-state index contributed by atoms with van der Waals surface area (Å²) in [6.07, 6.45) is 5.34. The second kappa shape index (κ2) is 10.8. The largest absolute Gasteiger partial charge is 0.507 e. The van der Waals surface area contributed by atoms with Crippen LogP contribution in [0.15, 0.2) is 114 Å². The summed E-state index contributed by atoms with van der Waals surface area (Å²) in [5.74, 6) is -0.878. The number of benzene rings is 3. The lowest BCUT2D eigenvalue weighted by atomic mass is 9.81. The van der Waals surface area contributed by atoms with E-state index in [1.54, 1.807) is 29.8 Å². The number of esters is 1. The lowest BCUT2D eigenvalue weighted by Crippen LogP contribution is -2.37. The quantitative estimate of drug-likeness (QED) is 0.253. The van der Waals surface area contributed by atoms with E-state index in [1.165, 1.54) is 23.9 Å². The van der Waals surface area contributed by atoms with Gasteiger partial charge in [-0.25, -0.2) is 9.78 Å². The van der Waals surface area contributed by atoms with Crippen LogP contribution in [0, 0.1) is 5.92 Å². The first-order chi connectivity index (χ1) is 20.2. The molecule has 1 saturated carbocycles. The number of sulfonamides is 1. The first-order valence-corrected chi connectivity index (χ1v) is 15.4. The number of nitrogens with zero attached hydrogens (tertiary/aromatic N) is 3. The van der Waals surface area contributed by atoms with Crippen LogP contribution in [0.3, 0.4) is 0 Å². The van der Waals surface area contributed by atoms with Crippen LogP contribution in [0.2, 0.25) is 0 Å². The molecule has 1 aliphatic carbocycles. The van der Waals surface area contributed by atoms with Crippen LogP contribution in [0.4, 0.5) is 5.69 Å². The molecule has 1 unspecified atom stereocenters. The number of aryl methyl sites for hydroxylation is 1. The van der Waals surface area contributed by atoms with E-state index in [0.717, 1.165) is 29.5 Å². The molecule has 0 radical (unpaired) electrons. The van der Waals surface area contributed by atoms with Gasteiger partial charge in [-0.2, -0.15) is 8.42 Å². The summed E-state index contributed by atoms with van der Waals surface area (Å²) in [6.45, 7) is 0. The maximum atomic E-state index is 13.7. The Bertz CT molecular complexity index is 1700. The van der Waals surface area contributed by atoms with E-state index in [1.807, 2.05) is 66.7 Å². The number of rotatable bonds is 10. The van der Waals surface area contributed by atoms with E-state index in [0.29, 0.717) is 18.5 Å². The predicted octanol–water partition coefficient (Wildman–Crippen LogP) is 5.33. The van der Waals surface area contributed by atoms with E-state index in [9.17, 15) is 18.3 Å². The number of aliphatic hydroxyl groups is 1. The van der Waals surface area contributed by atoms with Crippen molar-refractivity contribution in [2.75, 3.05) is 11.4 Å². The molecule has 42 heavy (non-hydrogen) atoms. The first-order valence-electron chi connectivity index (χ1n) is 14.0. The summed E-state index contributed by atoms with van der Waals surface area (Å²) in [5, 5.41) is 11.9. The minimum Gasteiger partial charge on any atom is -0.507 e. The zero-order valence-corrected chi connectivity index (χ0v) is 24.4. The number of carbonyl (C=O) groups excluding carboxylic acids is 1. The van der Waals surface area contributed by atoms with E-state index in [2.05, 4.69) is 4.98 Å². The Morgan fingerprint density at radius 3 is 2.17 bits per heavy atom. The lowest BCUT2D eigenvalue weighted by molar-refractivity contribution is -0.148. The molecular weight excluding hydrogens is 550 g/mol. The Balaban J connectivity index is 1.41. The molecule has 1 N–H and O–H groups in total. The molecule has 1 fully saturated rings. The number of aromatic nitrogens is 2. The molecule has 1 aliphatic heterocycles. The Labute approximate surface area is 246 Å². The van der Waals surface area contributed by atoms with Crippen LogP contribution in [-0.4, -0.2) is 41.7 Å². The van der Waals surface area contributed by atoms with Crippen LogP contribution in [0.5, 0.6) is 0 Å². The fraction of sp³-hybridized carbons (Fsp3) is 0.273. The number of carbonyl (C=O) groups is 1. The van der Waals surface area contributed by atoms with E-state index < -0.39 is 27.5 Å². The van der Waals surface area contributed by atoms with Crippen LogP contribution in [0.1, 0.15) is 35.4 Å². The predicted molar refractivity (Wildman–Crippen MR) is 159 cm³/mol. The summed E-state index contributed by atoms with van der Waals surface area (Å²) < 4.78 is 35.5. The topological polar surface area (TPSA) is 102 Å². The van der Waals surface area contributed by atoms with Crippen molar-refractivity contribution in [1.29, 1.82) is 0 Å². The molecule has 0 saturated heterocycles. The molecule has 8 nitrogen and oxygen atoms in total. The molecule has 3 aromatic carbocycles. The normalized spacial score (nSPS) is 17.2. The number of imidazole rings is 1. The van der Waals surface area contributed by atoms with Gasteiger partial charge in [0.15, 0.2) is 10.6 Å². The highest BCUT2D eigenvalue weighted by molar-refractivity contribution is 7.92. The highest BCUT2D eigenvalue weighted by Crippen LogP contribution is 2.52. The zero-order chi connectivity index (χ0) is 29.5. The van der Waals surface area contributed by atoms with Gasteiger partial charge in [-0.3, -0.25) is 4.31 Å². The van der Waals surface area contributed by atoms with Gasteiger partial charge in [-0.1, -0.05) is 72.8 Å². The molecule has 0 bridgehead atoms. The number of ether oxygens (including phenoxy) is 1. The summed E-state index contributed by atoms with van der Waals surface area (Å²) in [6, 6.07) is 26.6. The maximum absolute atomic E-state index is 13.7. The average molecular weight is 584 g/mol. The fourth-order valence-corrected chi connectivity index (χ4v) is 7.02. The summed E-state index contributed by atoms with van der Waals surface area (Å²) in [4.78, 5) is 17.8. The van der Waals surface area contributed by atoms with Gasteiger partial charge < -0.3 is 14.4 Å². The van der Waals surface area contributed by atoms with Gasteiger partial charge >= 0.3 is 5.97 Å². The molecule has 4 aromatic rings. The SMILES string of the molecule is CN(c1cccc(C(C2=C(O)C(Cc3ccccc3)(Cc3ccccc3)OC2=O)C2CC2)c1)S(=O)(=O)c1cn(C)cn1. The van der Waals surface area contributed by atoms with Crippen molar-refractivity contribution < 1.29 is 23.1 Å². The van der Waals surface area contributed by atoms with E-state index in [-0.39, 0.29) is 22.3 Å². The fourth-order valence-electron chi connectivity index (χ4n) is 5.87. The number of cyclic esters (lactones) is 1. The molecule has 1 aromatic heterocycles. The van der Waals surface area contributed by atoms with Gasteiger partial charge in [0, 0.05) is 39.1 Å². The van der Waals surface area contributed by atoms with Crippen LogP contribution in [0.25, 0.3) is 0 Å². The van der Waals surface area contributed by atoms with Crippen molar-refractivity contribution >= 4 is 21.7 Å². The highest BCUT2D eigenvalue weighted by atomic mass is 32.2. The molecule has 2 heterocycles. The van der Waals surface area contributed by atoms with Crippen molar-refractivity contribution in [1.82, 2.24) is 9.55 Å². The average Bonchev–Trinajstić information content (AvgIpc) is 3.68. The Kier molecular flexibility index (Phi) is 7.14. The molecule has 216 valence electrons. The number of hydrogen-bond acceptors (Lipinski definition) is 6. The van der Waals surface area contributed by atoms with Crippen molar-refractivity contribution in [2.24, 2.45) is 13.0 Å². The summed E-state index contributed by atoms with van der Waals surface area (Å²) in [7, 11) is -0.700. The van der Waals surface area contributed by atoms with Crippen LogP contribution in [-0.2, 0) is 39.4 Å². The third-order valence-electron chi connectivity index (χ3n) is 8.16. The van der Waals surface area contributed by atoms with Crippen LogP contribution < -0.4 is 4.31 Å². The van der Waals surface area contributed by atoms with Crippen molar-refractivity contribution in [2.45, 2.75) is 42.2 Å². The zero-order valence-electron chi connectivity index (χ0n) is 23.6. The highest BCUT2D eigenvalue weighted by Gasteiger charge is 2.52. The van der Waals surface area contributed by atoms with Crippen molar-refractivity contribution in [3.63, 3.8) is 0 Å². The molecule has 2 aliphatic rings. The number of anilines is 1. The molecule has 6 rings (SSSR count). The number of aliphatic hydroxyl groups excluding tert-OH is 1. The summed E-state index contributed by atoms with van der Waals surface area (Å²) in [5.41, 5.74) is 2.10. The Morgan fingerprint density at radius 1 is 1.00 bits per heavy atom. The molecule has 0 spiro atoms. The maximum Gasteiger partial charge on any atom is 0.339 e. The second-order valence-electron chi connectivity index (χ2n) is 11.2. The van der Waals surface area contributed by atoms with Gasteiger partial charge in [0.05, 0.1) is 17.6 Å². The molecular formula is C33H33N3O5S. The van der Waals surface area contributed by atoms with Crippen molar-refractivity contribution in [3.05, 3.63) is 125 Å².